The number of carbonyl (C=O) groups is 2. The number of nitrogens with zero attached hydrogens (tertiary/aromatic N) is 3. The van der Waals surface area contributed by atoms with Crippen LogP contribution in [-0.2, 0) is 11.3 Å². The molecule has 1 N–H and O–H groups in total. The predicted molar refractivity (Wildman–Crippen MR) is 121 cm³/mol. The van der Waals surface area contributed by atoms with Crippen molar-refractivity contribution < 1.29 is 18.8 Å². The summed E-state index contributed by atoms with van der Waals surface area (Å²) in [6.07, 6.45) is 1.95. The molecule has 2 heterocycles. The molecule has 3 aromatic rings. The minimum Gasteiger partial charge on any atom is -0.497 e. The summed E-state index contributed by atoms with van der Waals surface area (Å²) in [5, 5.41) is 7.71. The molecule has 1 aromatic heterocycles. The van der Waals surface area contributed by atoms with Crippen LogP contribution < -0.4 is 10.1 Å². The number of carbonyl (C=O) groups excluding carboxylic acids is 2. The lowest BCUT2D eigenvalue weighted by atomic mass is 9.76. The first-order chi connectivity index (χ1) is 16.0. The van der Waals surface area contributed by atoms with Crippen LogP contribution in [0, 0.1) is 5.92 Å². The Bertz CT molecular complexity index is 1180. The van der Waals surface area contributed by atoms with Crippen molar-refractivity contribution in [2.45, 2.75) is 37.8 Å². The Morgan fingerprint density at radius 1 is 1.18 bits per heavy atom. The first-order valence-corrected chi connectivity index (χ1v) is 11.2. The highest BCUT2D eigenvalue weighted by Crippen LogP contribution is 2.38. The van der Waals surface area contributed by atoms with Crippen molar-refractivity contribution in [1.82, 2.24) is 20.4 Å². The van der Waals surface area contributed by atoms with Gasteiger partial charge in [-0.25, -0.2) is 4.79 Å². The molecule has 5 rings (SSSR count). The summed E-state index contributed by atoms with van der Waals surface area (Å²) >= 11 is 6.06. The summed E-state index contributed by atoms with van der Waals surface area (Å²) in [4.78, 5) is 31.7. The van der Waals surface area contributed by atoms with E-state index in [1.165, 1.54) is 4.90 Å². The summed E-state index contributed by atoms with van der Waals surface area (Å²) in [5.41, 5.74) is 1.65. The molecule has 3 amide bonds. The number of halogens is 1. The van der Waals surface area contributed by atoms with E-state index in [4.69, 9.17) is 20.9 Å². The van der Waals surface area contributed by atoms with Crippen LogP contribution >= 0.6 is 11.6 Å². The molecular formula is C24H23ClN4O4. The van der Waals surface area contributed by atoms with E-state index in [9.17, 15) is 9.59 Å². The van der Waals surface area contributed by atoms with Gasteiger partial charge in [-0.2, -0.15) is 4.98 Å². The topological polar surface area (TPSA) is 97.6 Å². The van der Waals surface area contributed by atoms with Crippen molar-refractivity contribution >= 4 is 23.5 Å². The van der Waals surface area contributed by atoms with Gasteiger partial charge in [-0.05, 0) is 49.1 Å². The fraction of sp³-hybridized carbons (Fsp3) is 0.333. The molecule has 0 spiro atoms. The minimum absolute atomic E-state index is 0.0204. The molecule has 2 aliphatic rings. The fourth-order valence-electron chi connectivity index (χ4n) is 4.60. The molecule has 1 saturated heterocycles. The van der Waals surface area contributed by atoms with Crippen LogP contribution in [0.25, 0.3) is 11.4 Å². The van der Waals surface area contributed by atoms with E-state index in [-0.39, 0.29) is 36.4 Å². The lowest BCUT2D eigenvalue weighted by Gasteiger charge is -2.41. The van der Waals surface area contributed by atoms with Gasteiger partial charge in [0.1, 0.15) is 5.75 Å². The van der Waals surface area contributed by atoms with Gasteiger partial charge < -0.3 is 14.6 Å². The second-order valence-electron chi connectivity index (χ2n) is 8.41. The van der Waals surface area contributed by atoms with E-state index in [1.54, 1.807) is 19.2 Å². The molecule has 1 aliphatic heterocycles. The standard InChI is InChI=1S/C24H23ClN4O4/c1-32-18-8-5-14(6-9-18)13-29-23(30)19-10-7-16(12-20(19)26-24(29)31)22-27-21(28-33-22)15-3-2-4-17(25)11-15/h2-6,8-9,11,16,19-20H,7,10,12-13H2,1H3,(H,26,31). The number of nitrogens with one attached hydrogen (secondary N) is 1. The van der Waals surface area contributed by atoms with E-state index in [0.717, 1.165) is 23.3 Å². The smallest absolute Gasteiger partial charge is 0.324 e. The first-order valence-electron chi connectivity index (χ1n) is 10.9. The maximum atomic E-state index is 13.1. The van der Waals surface area contributed by atoms with E-state index >= 15 is 0 Å². The van der Waals surface area contributed by atoms with Crippen LogP contribution in [0.5, 0.6) is 5.75 Å². The average molecular weight is 467 g/mol. The molecule has 0 bridgehead atoms. The van der Waals surface area contributed by atoms with Crippen molar-refractivity contribution in [2.75, 3.05) is 7.11 Å². The lowest BCUT2D eigenvalue weighted by molar-refractivity contribution is -0.137. The minimum atomic E-state index is -0.372. The molecule has 8 nitrogen and oxygen atoms in total. The summed E-state index contributed by atoms with van der Waals surface area (Å²) < 4.78 is 10.7. The van der Waals surface area contributed by atoms with Gasteiger partial charge in [0.05, 0.1) is 19.6 Å². The van der Waals surface area contributed by atoms with Crippen molar-refractivity contribution in [3.63, 3.8) is 0 Å². The Kier molecular flexibility index (Phi) is 5.76. The van der Waals surface area contributed by atoms with Crippen molar-refractivity contribution in [3.05, 3.63) is 65.0 Å². The maximum absolute atomic E-state index is 13.1. The zero-order chi connectivity index (χ0) is 22.9. The fourth-order valence-corrected chi connectivity index (χ4v) is 4.79. The van der Waals surface area contributed by atoms with Gasteiger partial charge in [-0.15, -0.1) is 0 Å². The molecule has 3 unspecified atom stereocenters. The quantitative estimate of drug-likeness (QED) is 0.598. The van der Waals surface area contributed by atoms with Crippen molar-refractivity contribution in [2.24, 2.45) is 5.92 Å². The molecule has 3 atom stereocenters. The van der Waals surface area contributed by atoms with Gasteiger partial charge in [-0.3, -0.25) is 9.69 Å². The normalized spacial score (nSPS) is 22.6. The van der Waals surface area contributed by atoms with Crippen LogP contribution in [0.3, 0.4) is 0 Å². The van der Waals surface area contributed by atoms with Gasteiger partial charge >= 0.3 is 6.03 Å². The highest BCUT2D eigenvalue weighted by atomic mass is 35.5. The Hall–Kier alpha value is -3.39. The van der Waals surface area contributed by atoms with Crippen molar-refractivity contribution in [3.8, 4) is 17.1 Å². The molecule has 33 heavy (non-hydrogen) atoms. The second-order valence-corrected chi connectivity index (χ2v) is 8.85. The average Bonchev–Trinajstić information content (AvgIpc) is 3.32. The lowest BCUT2D eigenvalue weighted by Crippen LogP contribution is -2.60. The van der Waals surface area contributed by atoms with Crippen LogP contribution in [0.15, 0.2) is 53.1 Å². The summed E-state index contributed by atoms with van der Waals surface area (Å²) in [5.74, 6) is 1.31. The molecule has 0 radical (unpaired) electrons. The van der Waals surface area contributed by atoms with Gasteiger partial charge in [0.25, 0.3) is 0 Å². The predicted octanol–water partition coefficient (Wildman–Crippen LogP) is 4.40. The van der Waals surface area contributed by atoms with Gasteiger partial charge in [0.2, 0.25) is 17.6 Å². The highest BCUT2D eigenvalue weighted by molar-refractivity contribution is 6.30. The van der Waals surface area contributed by atoms with E-state index in [1.807, 2.05) is 36.4 Å². The molecule has 170 valence electrons. The van der Waals surface area contributed by atoms with Crippen LogP contribution in [-0.4, -0.2) is 40.1 Å². The third-order valence-corrected chi connectivity index (χ3v) is 6.60. The number of urea groups is 1. The first kappa shape index (κ1) is 21.5. The van der Waals surface area contributed by atoms with Gasteiger partial charge in [0.15, 0.2) is 0 Å². The van der Waals surface area contributed by atoms with E-state index < -0.39 is 0 Å². The summed E-state index contributed by atoms with van der Waals surface area (Å²) in [6.45, 7) is 0.230. The van der Waals surface area contributed by atoms with Crippen LogP contribution in [0.4, 0.5) is 4.79 Å². The Morgan fingerprint density at radius 3 is 2.76 bits per heavy atom. The van der Waals surface area contributed by atoms with Gasteiger partial charge in [0, 0.05) is 22.5 Å². The highest BCUT2D eigenvalue weighted by Gasteiger charge is 2.45. The molecule has 1 saturated carbocycles. The van der Waals surface area contributed by atoms with E-state index in [2.05, 4.69) is 15.5 Å². The zero-order valence-corrected chi connectivity index (χ0v) is 18.8. The molecule has 2 fully saturated rings. The Balaban J connectivity index is 1.27. The second kappa shape index (κ2) is 8.86. The molecular weight excluding hydrogens is 444 g/mol. The number of methoxy groups -OCH3 is 1. The number of benzene rings is 2. The molecule has 2 aromatic carbocycles. The van der Waals surface area contributed by atoms with E-state index in [0.29, 0.717) is 29.6 Å². The third kappa shape index (κ3) is 4.30. The number of fused-ring (bicyclic) bond motifs is 1. The number of amides is 3. The Morgan fingerprint density at radius 2 is 2.00 bits per heavy atom. The molecule has 1 aliphatic carbocycles. The Labute approximate surface area is 195 Å². The van der Waals surface area contributed by atoms with Crippen LogP contribution in [0.1, 0.15) is 36.6 Å². The number of imide groups is 1. The number of aromatic nitrogens is 2. The zero-order valence-electron chi connectivity index (χ0n) is 18.0. The van der Waals surface area contributed by atoms with Crippen molar-refractivity contribution in [1.29, 1.82) is 0 Å². The summed E-state index contributed by atoms with van der Waals surface area (Å²) in [7, 11) is 1.60. The SMILES string of the molecule is COc1ccc(CN2C(=O)NC3CC(c4nc(-c5cccc(Cl)c5)no4)CCC3C2=O)cc1. The monoisotopic (exact) mass is 466 g/mol. The number of rotatable bonds is 5. The largest absolute Gasteiger partial charge is 0.497 e. The van der Waals surface area contributed by atoms with Gasteiger partial charge in [-0.1, -0.05) is 41.0 Å². The number of hydrogen-bond acceptors (Lipinski definition) is 6. The summed E-state index contributed by atoms with van der Waals surface area (Å²) in [6, 6.07) is 14.0. The van der Waals surface area contributed by atoms with Crippen LogP contribution in [0.2, 0.25) is 5.02 Å². The molecule has 9 heteroatoms. The number of hydrogen-bond donors (Lipinski definition) is 1. The number of ether oxygens (including phenoxy) is 1. The third-order valence-electron chi connectivity index (χ3n) is 6.36. The maximum Gasteiger partial charge on any atom is 0.324 e.